The Kier molecular flexibility index (Phi) is 4.40. The molecule has 3 rings (SSSR count). The molecule has 1 fully saturated rings. The summed E-state index contributed by atoms with van der Waals surface area (Å²) in [5.41, 5.74) is 1.12. The zero-order chi connectivity index (χ0) is 15.7. The number of nitrogens with zero attached hydrogens (tertiary/aromatic N) is 3. The molecule has 0 radical (unpaired) electrons. The summed E-state index contributed by atoms with van der Waals surface area (Å²) >= 11 is 1.63. The molecule has 6 heteroatoms. The van der Waals surface area contributed by atoms with Crippen molar-refractivity contribution in [2.45, 2.75) is 6.92 Å². The molecule has 2 aliphatic heterocycles. The number of amides is 1. The van der Waals surface area contributed by atoms with Crippen LogP contribution in [-0.2, 0) is 11.8 Å². The molecule has 4 nitrogen and oxygen atoms in total. The highest BCUT2D eigenvalue weighted by molar-refractivity contribution is 8.38. The van der Waals surface area contributed by atoms with Gasteiger partial charge in [0.2, 0.25) is 0 Å². The predicted octanol–water partition coefficient (Wildman–Crippen LogP) is 2.18. The third kappa shape index (κ3) is 2.98. The normalized spacial score (nSPS) is 24.9. The van der Waals surface area contributed by atoms with Crippen LogP contribution in [0.25, 0.3) is 6.08 Å². The topological polar surface area (TPSA) is 27.4 Å². The fraction of sp³-hybridized carbons (Fsp3) is 0.312. The lowest BCUT2D eigenvalue weighted by Gasteiger charge is -2.13. The first-order valence-corrected chi connectivity index (χ1v) is 9.47. The summed E-state index contributed by atoms with van der Waals surface area (Å²) in [7, 11) is 3.97. The van der Waals surface area contributed by atoms with Crippen molar-refractivity contribution in [3.8, 4) is 0 Å². The minimum atomic E-state index is -0.0786. The van der Waals surface area contributed by atoms with Crippen LogP contribution < -0.4 is 4.57 Å². The minimum Gasteiger partial charge on any atom is -0.371 e. The first kappa shape index (κ1) is 15.4. The number of thioether (sulfide) groups is 1. The minimum absolute atomic E-state index is 0.0786. The van der Waals surface area contributed by atoms with Gasteiger partial charge in [0, 0.05) is 31.9 Å². The van der Waals surface area contributed by atoms with E-state index in [1.807, 2.05) is 42.9 Å². The van der Waals surface area contributed by atoms with Gasteiger partial charge in [-0.2, -0.15) is 0 Å². The summed E-state index contributed by atoms with van der Waals surface area (Å²) in [5, 5.41) is 3.19. The monoisotopic (exact) mass is 334 g/mol. The number of pyridine rings is 1. The van der Waals surface area contributed by atoms with E-state index in [9.17, 15) is 4.79 Å². The molecule has 1 amide bonds. The van der Waals surface area contributed by atoms with Crippen LogP contribution in [0.15, 0.2) is 41.2 Å². The second-order valence-corrected chi connectivity index (χ2v) is 8.40. The van der Waals surface area contributed by atoms with Gasteiger partial charge < -0.3 is 9.80 Å². The maximum atomic E-state index is 12.7. The SMILES string of the molecule is CCN1C(=O)C(=S2C=CN(C)C2)SC1=Cc1cc[n+](C)cc1. The lowest BCUT2D eigenvalue weighted by molar-refractivity contribution is -0.671. The van der Waals surface area contributed by atoms with Crippen LogP contribution in [0, 0.1) is 0 Å². The fourth-order valence-electron chi connectivity index (χ4n) is 2.33. The van der Waals surface area contributed by atoms with Crippen molar-refractivity contribution in [2.75, 3.05) is 19.5 Å². The van der Waals surface area contributed by atoms with Crippen LogP contribution in [0.4, 0.5) is 0 Å². The van der Waals surface area contributed by atoms with Crippen LogP contribution in [0.3, 0.4) is 0 Å². The van der Waals surface area contributed by atoms with Gasteiger partial charge in [-0.25, -0.2) is 4.57 Å². The average molecular weight is 334 g/mol. The summed E-state index contributed by atoms with van der Waals surface area (Å²) in [5.74, 6) is 1.09. The molecular formula is C16H20N3OS2+. The molecule has 1 aromatic heterocycles. The average Bonchev–Trinajstić information content (AvgIpc) is 3.05. The second kappa shape index (κ2) is 6.30. The van der Waals surface area contributed by atoms with Crippen LogP contribution in [0.2, 0.25) is 0 Å². The van der Waals surface area contributed by atoms with Crippen LogP contribution in [-0.4, -0.2) is 39.4 Å². The lowest BCUT2D eigenvalue weighted by atomic mass is 10.2. The maximum Gasteiger partial charge on any atom is 0.271 e. The molecule has 1 aromatic rings. The Hall–Kier alpha value is -1.53. The molecule has 0 aliphatic carbocycles. The Morgan fingerprint density at radius 3 is 2.73 bits per heavy atom. The van der Waals surface area contributed by atoms with Gasteiger partial charge in [-0.05, 0) is 24.0 Å². The Bertz CT molecular complexity index is 692. The zero-order valence-corrected chi connectivity index (χ0v) is 14.7. The molecule has 1 atom stereocenters. The summed E-state index contributed by atoms with van der Waals surface area (Å²) in [6.45, 7) is 2.73. The van der Waals surface area contributed by atoms with Gasteiger partial charge in [-0.1, -0.05) is 11.8 Å². The second-order valence-electron chi connectivity index (χ2n) is 5.32. The molecule has 3 heterocycles. The highest BCUT2D eigenvalue weighted by Crippen LogP contribution is 2.40. The lowest BCUT2D eigenvalue weighted by Crippen LogP contribution is -2.26. The van der Waals surface area contributed by atoms with E-state index in [4.69, 9.17) is 0 Å². The molecule has 22 heavy (non-hydrogen) atoms. The quantitative estimate of drug-likeness (QED) is 0.613. The number of hydrogen-bond donors (Lipinski definition) is 0. The first-order valence-electron chi connectivity index (χ1n) is 7.20. The standard InChI is InChI=1S/C16H20N3OS2/c1-4-19-14(11-13-5-7-17(2)8-6-13)21-16(15(19)20)22-10-9-18(3)12-22/h5-11H,4,12H2,1-3H3/q+1. The van der Waals surface area contributed by atoms with E-state index >= 15 is 0 Å². The van der Waals surface area contributed by atoms with E-state index in [1.165, 1.54) is 0 Å². The predicted molar refractivity (Wildman–Crippen MR) is 94.9 cm³/mol. The summed E-state index contributed by atoms with van der Waals surface area (Å²) < 4.78 is 2.97. The molecule has 0 bridgehead atoms. The van der Waals surface area contributed by atoms with Crippen molar-refractivity contribution < 1.29 is 9.36 Å². The number of aryl methyl sites for hydroxylation is 1. The third-order valence-electron chi connectivity index (χ3n) is 3.55. The molecule has 1 saturated heterocycles. The van der Waals surface area contributed by atoms with E-state index in [1.54, 1.807) is 11.8 Å². The number of carbonyl (C=O) groups is 1. The van der Waals surface area contributed by atoms with Gasteiger partial charge in [0.1, 0.15) is 11.2 Å². The van der Waals surface area contributed by atoms with Crippen molar-refractivity contribution in [1.82, 2.24) is 9.80 Å². The molecule has 116 valence electrons. The van der Waals surface area contributed by atoms with Crippen LogP contribution >= 0.6 is 22.2 Å². The molecular weight excluding hydrogens is 314 g/mol. The van der Waals surface area contributed by atoms with E-state index < -0.39 is 0 Å². The van der Waals surface area contributed by atoms with Gasteiger partial charge >= 0.3 is 0 Å². The van der Waals surface area contributed by atoms with Gasteiger partial charge in [-0.3, -0.25) is 4.79 Å². The first-order chi connectivity index (χ1) is 10.6. The summed E-state index contributed by atoms with van der Waals surface area (Å²) in [6, 6.07) is 4.13. The van der Waals surface area contributed by atoms with Crippen LogP contribution in [0.1, 0.15) is 12.5 Å². The molecule has 1 unspecified atom stereocenters. The molecule has 2 aliphatic rings. The molecule has 0 aromatic carbocycles. The van der Waals surface area contributed by atoms with Crippen molar-refractivity contribution in [3.05, 3.63) is 46.7 Å². The smallest absolute Gasteiger partial charge is 0.271 e. The molecule has 0 saturated carbocycles. The Morgan fingerprint density at radius 1 is 1.41 bits per heavy atom. The van der Waals surface area contributed by atoms with Crippen molar-refractivity contribution in [2.24, 2.45) is 7.05 Å². The van der Waals surface area contributed by atoms with E-state index in [-0.39, 0.29) is 16.4 Å². The maximum absolute atomic E-state index is 12.7. The summed E-state index contributed by atoms with van der Waals surface area (Å²) in [6.07, 6.45) is 8.21. The van der Waals surface area contributed by atoms with Gasteiger partial charge in [0.15, 0.2) is 12.4 Å². The van der Waals surface area contributed by atoms with Crippen molar-refractivity contribution in [1.29, 1.82) is 0 Å². The number of carbonyl (C=O) groups excluding carboxylic acids is 1. The molecule has 0 N–H and O–H groups in total. The van der Waals surface area contributed by atoms with E-state index in [2.05, 4.69) is 34.7 Å². The van der Waals surface area contributed by atoms with Crippen molar-refractivity contribution >= 4 is 38.4 Å². The zero-order valence-electron chi connectivity index (χ0n) is 13.0. The summed E-state index contributed by atoms with van der Waals surface area (Å²) in [4.78, 5) is 16.7. The van der Waals surface area contributed by atoms with Gasteiger partial charge in [0.25, 0.3) is 5.91 Å². The van der Waals surface area contributed by atoms with Gasteiger partial charge in [-0.15, -0.1) is 10.5 Å². The highest BCUT2D eigenvalue weighted by Gasteiger charge is 2.33. The largest absolute Gasteiger partial charge is 0.371 e. The van der Waals surface area contributed by atoms with E-state index in [0.29, 0.717) is 6.54 Å². The van der Waals surface area contributed by atoms with Gasteiger partial charge in [0.05, 0.1) is 10.9 Å². The number of rotatable bonds is 2. The Morgan fingerprint density at radius 2 is 2.14 bits per heavy atom. The number of aromatic nitrogens is 1. The number of hydrogen-bond acceptors (Lipinski definition) is 3. The molecule has 0 spiro atoms. The Balaban J connectivity index is 1.94. The highest BCUT2D eigenvalue weighted by atomic mass is 32.2. The Labute approximate surface area is 138 Å². The van der Waals surface area contributed by atoms with Crippen molar-refractivity contribution in [3.63, 3.8) is 0 Å². The third-order valence-corrected chi connectivity index (χ3v) is 7.14. The fourth-order valence-corrected chi connectivity index (χ4v) is 5.79. The van der Waals surface area contributed by atoms with Crippen LogP contribution in [0.5, 0.6) is 0 Å². The van der Waals surface area contributed by atoms with E-state index in [0.717, 1.165) is 20.7 Å².